The number of anilines is 1. The zero-order valence-corrected chi connectivity index (χ0v) is 18.5. The van der Waals surface area contributed by atoms with E-state index in [1.807, 2.05) is 6.92 Å². The van der Waals surface area contributed by atoms with Crippen molar-refractivity contribution in [2.45, 2.75) is 50.1 Å². The number of thioether (sulfide) groups is 1. The van der Waals surface area contributed by atoms with Gasteiger partial charge >= 0.3 is 5.97 Å². The van der Waals surface area contributed by atoms with Gasteiger partial charge in [-0.3, -0.25) is 9.36 Å². The van der Waals surface area contributed by atoms with Crippen LogP contribution in [0.1, 0.15) is 57.9 Å². The Morgan fingerprint density at radius 3 is 2.57 bits per heavy atom. The van der Waals surface area contributed by atoms with Crippen LogP contribution in [0.4, 0.5) is 5.95 Å². The second kappa shape index (κ2) is 8.43. The lowest BCUT2D eigenvalue weighted by Crippen LogP contribution is -2.38. The van der Waals surface area contributed by atoms with E-state index < -0.39 is 5.97 Å². The Labute approximate surface area is 179 Å². The number of morpholine rings is 1. The van der Waals surface area contributed by atoms with Gasteiger partial charge in [-0.25, -0.2) is 4.79 Å². The van der Waals surface area contributed by atoms with E-state index in [1.165, 1.54) is 18.9 Å². The number of ether oxygens (including phenoxy) is 2. The molecule has 1 aliphatic heterocycles. The summed E-state index contributed by atoms with van der Waals surface area (Å²) in [4.78, 5) is 30.5. The number of rotatable bonds is 7. The van der Waals surface area contributed by atoms with Gasteiger partial charge in [-0.1, -0.05) is 11.8 Å². The van der Waals surface area contributed by atoms with Gasteiger partial charge in [0.1, 0.15) is 0 Å². The Bertz CT molecular complexity index is 959. The SMILES string of the molecule is COC(=O)c1c(C)[nH]c(C(=O)C(C)Sc2nnc(N3CCOCC3)n2C2CC2)c1C. The van der Waals surface area contributed by atoms with Crippen LogP contribution < -0.4 is 4.90 Å². The number of carbonyl (C=O) groups excluding carboxylic acids is 2. The Balaban J connectivity index is 1.56. The number of esters is 1. The van der Waals surface area contributed by atoms with Gasteiger partial charge < -0.3 is 19.4 Å². The lowest BCUT2D eigenvalue weighted by atomic mass is 10.1. The van der Waals surface area contributed by atoms with Gasteiger partial charge in [0.25, 0.3) is 0 Å². The molecule has 0 amide bonds. The van der Waals surface area contributed by atoms with Crippen LogP contribution in [0.15, 0.2) is 5.16 Å². The van der Waals surface area contributed by atoms with Crippen LogP contribution >= 0.6 is 11.8 Å². The van der Waals surface area contributed by atoms with Gasteiger partial charge in [-0.2, -0.15) is 0 Å². The molecule has 2 aromatic heterocycles. The summed E-state index contributed by atoms with van der Waals surface area (Å²) in [7, 11) is 1.34. The first kappa shape index (κ1) is 20.9. The molecule has 162 valence electrons. The molecule has 1 saturated carbocycles. The normalized spacial score (nSPS) is 17.8. The van der Waals surface area contributed by atoms with E-state index in [0.717, 1.165) is 37.0 Å². The maximum absolute atomic E-state index is 13.2. The van der Waals surface area contributed by atoms with Crippen molar-refractivity contribution in [1.29, 1.82) is 0 Å². The first-order valence-corrected chi connectivity index (χ1v) is 11.1. The molecule has 2 aromatic rings. The summed E-state index contributed by atoms with van der Waals surface area (Å²) in [6, 6.07) is 0.392. The third-order valence-electron chi connectivity index (χ3n) is 5.58. The first-order chi connectivity index (χ1) is 14.4. The molecule has 1 saturated heterocycles. The molecular formula is C20H27N5O4S. The highest BCUT2D eigenvalue weighted by Crippen LogP contribution is 2.42. The topological polar surface area (TPSA) is 102 Å². The molecule has 0 bridgehead atoms. The predicted molar refractivity (Wildman–Crippen MR) is 113 cm³/mol. The number of aromatic amines is 1. The number of carbonyl (C=O) groups is 2. The summed E-state index contributed by atoms with van der Waals surface area (Å²) in [5.41, 5.74) is 2.12. The average molecular weight is 434 g/mol. The van der Waals surface area contributed by atoms with Crippen molar-refractivity contribution in [1.82, 2.24) is 19.7 Å². The molecule has 1 unspecified atom stereocenters. The Morgan fingerprint density at radius 2 is 1.93 bits per heavy atom. The molecule has 2 aliphatic rings. The van der Waals surface area contributed by atoms with Gasteiger partial charge in [-0.05, 0) is 39.2 Å². The Kier molecular flexibility index (Phi) is 5.88. The van der Waals surface area contributed by atoms with E-state index in [-0.39, 0.29) is 11.0 Å². The number of H-pyrrole nitrogens is 1. The number of Topliss-reactive ketones (excluding diaryl/α,β-unsaturated/α-hetero) is 1. The molecule has 4 rings (SSSR count). The number of ketones is 1. The summed E-state index contributed by atoms with van der Waals surface area (Å²) in [6.07, 6.45) is 2.20. The predicted octanol–water partition coefficient (Wildman–Crippen LogP) is 2.54. The quantitative estimate of drug-likeness (QED) is 0.404. The summed E-state index contributed by atoms with van der Waals surface area (Å²) in [5.74, 6) is 0.348. The second-order valence-corrected chi connectivity index (χ2v) is 9.03. The molecular weight excluding hydrogens is 406 g/mol. The first-order valence-electron chi connectivity index (χ1n) is 10.2. The summed E-state index contributed by atoms with van der Waals surface area (Å²) >= 11 is 1.41. The zero-order chi connectivity index (χ0) is 21.4. The summed E-state index contributed by atoms with van der Waals surface area (Å²) < 4.78 is 12.5. The van der Waals surface area contributed by atoms with Crippen LogP contribution in [0, 0.1) is 13.8 Å². The lowest BCUT2D eigenvalue weighted by Gasteiger charge is -2.28. The van der Waals surface area contributed by atoms with Crippen molar-refractivity contribution in [2.75, 3.05) is 38.3 Å². The van der Waals surface area contributed by atoms with Crippen molar-refractivity contribution in [3.63, 3.8) is 0 Å². The van der Waals surface area contributed by atoms with Crippen LogP contribution in [0.5, 0.6) is 0 Å². The van der Waals surface area contributed by atoms with Gasteiger partial charge in [0.15, 0.2) is 10.9 Å². The van der Waals surface area contributed by atoms with Crippen molar-refractivity contribution < 1.29 is 19.1 Å². The number of methoxy groups -OCH3 is 1. The molecule has 3 heterocycles. The minimum absolute atomic E-state index is 0.0750. The smallest absolute Gasteiger partial charge is 0.339 e. The highest BCUT2D eigenvalue weighted by atomic mass is 32.2. The van der Waals surface area contributed by atoms with Crippen LogP contribution in [0.2, 0.25) is 0 Å². The average Bonchev–Trinajstić information content (AvgIpc) is 3.44. The molecule has 1 aliphatic carbocycles. The molecule has 0 spiro atoms. The zero-order valence-electron chi connectivity index (χ0n) is 17.7. The van der Waals surface area contributed by atoms with E-state index >= 15 is 0 Å². The number of hydrogen-bond acceptors (Lipinski definition) is 8. The molecule has 1 atom stereocenters. The molecule has 0 radical (unpaired) electrons. The van der Waals surface area contributed by atoms with E-state index in [1.54, 1.807) is 13.8 Å². The molecule has 2 fully saturated rings. The largest absolute Gasteiger partial charge is 0.465 e. The fourth-order valence-corrected chi connectivity index (χ4v) is 4.77. The van der Waals surface area contributed by atoms with Crippen molar-refractivity contribution in [3.8, 4) is 0 Å². The standard InChI is InChI=1S/C20H27N5O4S/c1-11-15(18(27)28-4)12(2)21-16(11)17(26)13(3)30-20-23-22-19(25(20)14-5-6-14)24-7-9-29-10-8-24/h13-14,21H,5-10H2,1-4H3. The third-order valence-corrected chi connectivity index (χ3v) is 6.63. The van der Waals surface area contributed by atoms with Crippen molar-refractivity contribution in [3.05, 3.63) is 22.5 Å². The van der Waals surface area contributed by atoms with Crippen molar-refractivity contribution in [2.24, 2.45) is 0 Å². The Morgan fingerprint density at radius 1 is 1.23 bits per heavy atom. The van der Waals surface area contributed by atoms with Gasteiger partial charge in [-0.15, -0.1) is 10.2 Å². The summed E-state index contributed by atoms with van der Waals surface area (Å²) in [6.45, 7) is 8.35. The minimum atomic E-state index is -0.441. The van der Waals surface area contributed by atoms with Crippen LogP contribution in [0.3, 0.4) is 0 Å². The molecule has 0 aromatic carbocycles. The maximum Gasteiger partial charge on any atom is 0.339 e. The van der Waals surface area contributed by atoms with E-state index in [4.69, 9.17) is 9.47 Å². The van der Waals surface area contributed by atoms with E-state index in [2.05, 4.69) is 24.6 Å². The molecule has 10 heteroatoms. The second-order valence-electron chi connectivity index (χ2n) is 7.72. The maximum atomic E-state index is 13.2. The van der Waals surface area contributed by atoms with Gasteiger partial charge in [0, 0.05) is 24.8 Å². The number of hydrogen-bond donors (Lipinski definition) is 1. The molecule has 1 N–H and O–H groups in total. The highest BCUT2D eigenvalue weighted by molar-refractivity contribution is 8.00. The fraction of sp³-hybridized carbons (Fsp3) is 0.600. The monoisotopic (exact) mass is 433 g/mol. The van der Waals surface area contributed by atoms with E-state index in [0.29, 0.717) is 41.8 Å². The minimum Gasteiger partial charge on any atom is -0.465 e. The Hall–Kier alpha value is -2.33. The van der Waals surface area contributed by atoms with Crippen LogP contribution in [0.25, 0.3) is 0 Å². The highest BCUT2D eigenvalue weighted by Gasteiger charge is 2.34. The fourth-order valence-electron chi connectivity index (χ4n) is 3.80. The van der Waals surface area contributed by atoms with Gasteiger partial charge in [0.2, 0.25) is 5.95 Å². The lowest BCUT2D eigenvalue weighted by molar-refractivity contribution is 0.0599. The van der Waals surface area contributed by atoms with E-state index in [9.17, 15) is 9.59 Å². The molecule has 9 nitrogen and oxygen atoms in total. The molecule has 30 heavy (non-hydrogen) atoms. The number of aryl methyl sites for hydroxylation is 1. The van der Waals surface area contributed by atoms with Crippen LogP contribution in [-0.4, -0.2) is 70.2 Å². The number of nitrogens with one attached hydrogen (secondary N) is 1. The summed E-state index contributed by atoms with van der Waals surface area (Å²) in [5, 5.41) is 9.23. The van der Waals surface area contributed by atoms with Crippen LogP contribution in [-0.2, 0) is 9.47 Å². The van der Waals surface area contributed by atoms with Gasteiger partial charge in [0.05, 0.1) is 36.8 Å². The van der Waals surface area contributed by atoms with Crippen molar-refractivity contribution >= 4 is 29.5 Å². The third kappa shape index (κ3) is 3.85. The number of nitrogens with zero attached hydrogens (tertiary/aromatic N) is 4. The number of aromatic nitrogens is 4.